The minimum absolute atomic E-state index is 0.0330. The summed E-state index contributed by atoms with van der Waals surface area (Å²) in [7, 11) is -1.93. The molecular weight excluding hydrogens is 449 g/mol. The van der Waals surface area contributed by atoms with Crippen LogP contribution in [0.5, 0.6) is 0 Å². The highest BCUT2D eigenvalue weighted by Gasteiger charge is 2.15. The zero-order valence-electron chi connectivity index (χ0n) is 18.3. The number of sulfone groups is 1. The number of carbonyl (C=O) groups excluding carboxylic acids is 1. The smallest absolute Gasteiger partial charge is 0.257 e. The monoisotopic (exact) mass is 473 g/mol. The van der Waals surface area contributed by atoms with Crippen molar-refractivity contribution in [2.24, 2.45) is 4.99 Å². The minimum Gasteiger partial charge on any atom is -0.382 e. The molecule has 0 saturated carbocycles. The molecule has 0 saturated heterocycles. The lowest BCUT2D eigenvalue weighted by Crippen LogP contribution is -2.37. The Morgan fingerprint density at radius 1 is 1.21 bits per heavy atom. The van der Waals surface area contributed by atoms with Crippen LogP contribution in [0.25, 0.3) is 11.3 Å². The van der Waals surface area contributed by atoms with Gasteiger partial charge in [-0.3, -0.25) is 15.2 Å². The molecule has 0 bridgehead atoms. The van der Waals surface area contributed by atoms with Crippen molar-refractivity contribution in [3.05, 3.63) is 66.0 Å². The number of amides is 1. The fraction of sp³-hybridized carbons (Fsp3) is 0.227. The summed E-state index contributed by atoms with van der Waals surface area (Å²) in [5.41, 5.74) is 1.51. The number of carbonyl (C=O) groups is 1. The molecule has 11 heteroatoms. The summed E-state index contributed by atoms with van der Waals surface area (Å²) >= 11 is 0. The molecule has 3 aromatic rings. The molecule has 3 N–H and O–H groups in total. The van der Waals surface area contributed by atoms with E-state index in [0.29, 0.717) is 18.1 Å². The van der Waals surface area contributed by atoms with Crippen LogP contribution in [0.2, 0.25) is 0 Å². The van der Waals surface area contributed by atoms with Crippen molar-refractivity contribution in [3.63, 3.8) is 0 Å². The number of aromatic amines is 1. The van der Waals surface area contributed by atoms with Crippen molar-refractivity contribution < 1.29 is 22.3 Å². The van der Waals surface area contributed by atoms with E-state index in [-0.39, 0.29) is 28.3 Å². The Kier molecular flexibility index (Phi) is 7.56. The summed E-state index contributed by atoms with van der Waals surface area (Å²) in [4.78, 5) is 17.3. The molecule has 174 valence electrons. The third kappa shape index (κ3) is 6.70. The summed E-state index contributed by atoms with van der Waals surface area (Å²) in [6.07, 6.45) is 1.07. The molecule has 1 amide bonds. The van der Waals surface area contributed by atoms with Crippen molar-refractivity contribution in [1.82, 2.24) is 15.5 Å². The van der Waals surface area contributed by atoms with E-state index < -0.39 is 15.7 Å². The number of hydrogen-bond donors (Lipinski definition) is 3. The quantitative estimate of drug-likeness (QED) is 0.358. The maximum absolute atomic E-state index is 13.2. The minimum atomic E-state index is -3.47. The predicted octanol–water partition coefficient (Wildman–Crippen LogP) is 2.85. The number of aliphatic imine (C=N–C) groups is 1. The average Bonchev–Trinajstić information content (AvgIpc) is 3.22. The van der Waals surface area contributed by atoms with E-state index in [2.05, 4.69) is 25.8 Å². The number of anilines is 1. The number of nitrogens with zero attached hydrogens (tertiary/aromatic N) is 2. The number of aromatic nitrogens is 2. The highest BCUT2D eigenvalue weighted by Crippen LogP contribution is 2.20. The lowest BCUT2D eigenvalue weighted by atomic mass is 10.1. The summed E-state index contributed by atoms with van der Waals surface area (Å²) < 4.78 is 41.9. The van der Waals surface area contributed by atoms with E-state index in [4.69, 9.17) is 4.74 Å². The second-order valence-electron chi connectivity index (χ2n) is 7.33. The van der Waals surface area contributed by atoms with Crippen molar-refractivity contribution in [3.8, 4) is 11.3 Å². The lowest BCUT2D eigenvalue weighted by Gasteiger charge is -2.13. The van der Waals surface area contributed by atoms with E-state index in [1.807, 2.05) is 0 Å². The Morgan fingerprint density at radius 2 is 1.94 bits per heavy atom. The highest BCUT2D eigenvalue weighted by atomic mass is 32.2. The van der Waals surface area contributed by atoms with E-state index in [1.54, 1.807) is 25.1 Å². The van der Waals surface area contributed by atoms with E-state index in [1.165, 1.54) is 43.5 Å². The molecule has 2 aromatic carbocycles. The van der Waals surface area contributed by atoms with Crippen molar-refractivity contribution in [2.45, 2.75) is 17.9 Å². The standard InChI is InChI=1S/C22H24FN5O4S/c1-14(13-32-2)24-22(26-21(29)16-5-4-6-18(11-16)33(3,30)31)25-20-12-19(27-28-20)15-7-9-17(23)10-8-15/h4-12,14H,13H2,1-3H3,(H3,24,25,26,27,28,29)/t14-/m0/s1. The van der Waals surface area contributed by atoms with Crippen molar-refractivity contribution in [1.29, 1.82) is 0 Å². The van der Waals surface area contributed by atoms with Crippen LogP contribution in [0.3, 0.4) is 0 Å². The number of ether oxygens (including phenoxy) is 1. The Hall–Kier alpha value is -3.57. The molecule has 0 spiro atoms. The Labute approximate surface area is 191 Å². The maximum Gasteiger partial charge on any atom is 0.257 e. The highest BCUT2D eigenvalue weighted by molar-refractivity contribution is 7.90. The molecule has 0 radical (unpaired) electrons. The number of benzene rings is 2. The van der Waals surface area contributed by atoms with Crippen LogP contribution in [-0.2, 0) is 14.6 Å². The fourth-order valence-electron chi connectivity index (χ4n) is 2.93. The van der Waals surface area contributed by atoms with Gasteiger partial charge in [-0.05, 0) is 55.0 Å². The molecule has 1 aromatic heterocycles. The maximum atomic E-state index is 13.2. The average molecular weight is 474 g/mol. The van der Waals surface area contributed by atoms with Gasteiger partial charge in [-0.1, -0.05) is 6.07 Å². The number of halogens is 1. The first-order chi connectivity index (χ1) is 15.7. The van der Waals surface area contributed by atoms with Crippen molar-refractivity contribution in [2.75, 3.05) is 25.3 Å². The molecule has 0 unspecified atom stereocenters. The van der Waals surface area contributed by atoms with Gasteiger partial charge in [-0.15, -0.1) is 0 Å². The summed E-state index contributed by atoms with van der Waals surface area (Å²) in [6, 6.07) is 13.0. The Bertz CT molecular complexity index is 1260. The van der Waals surface area contributed by atoms with Gasteiger partial charge in [-0.25, -0.2) is 17.8 Å². The molecule has 3 rings (SSSR count). The van der Waals surface area contributed by atoms with Crippen LogP contribution in [-0.4, -0.2) is 56.5 Å². The van der Waals surface area contributed by atoms with Gasteiger partial charge >= 0.3 is 0 Å². The molecular formula is C22H24FN5O4S. The first kappa shape index (κ1) is 24.1. The lowest BCUT2D eigenvalue weighted by molar-refractivity contribution is 0.0976. The summed E-state index contributed by atoms with van der Waals surface area (Å²) in [6.45, 7) is 2.11. The second-order valence-corrected chi connectivity index (χ2v) is 9.35. The number of hydrogen-bond acceptors (Lipinski definition) is 6. The molecule has 0 aliphatic heterocycles. The third-order valence-electron chi connectivity index (χ3n) is 4.49. The number of H-pyrrole nitrogens is 1. The van der Waals surface area contributed by atoms with Gasteiger partial charge in [0.15, 0.2) is 15.7 Å². The van der Waals surface area contributed by atoms with E-state index >= 15 is 0 Å². The number of guanidine groups is 1. The van der Waals surface area contributed by atoms with Gasteiger partial charge < -0.3 is 10.1 Å². The molecule has 1 heterocycles. The molecule has 0 fully saturated rings. The molecule has 0 aliphatic carbocycles. The van der Waals surface area contributed by atoms with Gasteiger partial charge in [-0.2, -0.15) is 5.10 Å². The topological polar surface area (TPSA) is 126 Å². The summed E-state index contributed by atoms with van der Waals surface area (Å²) in [5.74, 6) is -0.430. The van der Waals surface area contributed by atoms with Crippen LogP contribution in [0.1, 0.15) is 17.3 Å². The fourth-order valence-corrected chi connectivity index (χ4v) is 3.59. The summed E-state index contributed by atoms with van der Waals surface area (Å²) in [5, 5.41) is 12.6. The van der Waals surface area contributed by atoms with Gasteiger partial charge in [0, 0.05) is 25.0 Å². The molecule has 0 aliphatic rings. The first-order valence-corrected chi connectivity index (χ1v) is 11.8. The van der Waals surface area contributed by atoms with E-state index in [0.717, 1.165) is 11.8 Å². The van der Waals surface area contributed by atoms with E-state index in [9.17, 15) is 17.6 Å². The Balaban J connectivity index is 1.82. The first-order valence-electron chi connectivity index (χ1n) is 9.92. The van der Waals surface area contributed by atoms with Gasteiger partial charge in [0.1, 0.15) is 5.82 Å². The van der Waals surface area contributed by atoms with Crippen LogP contribution in [0.15, 0.2) is 64.5 Å². The van der Waals surface area contributed by atoms with Gasteiger partial charge in [0.05, 0.1) is 23.2 Å². The predicted molar refractivity (Wildman–Crippen MR) is 123 cm³/mol. The van der Waals surface area contributed by atoms with Crippen LogP contribution in [0.4, 0.5) is 10.2 Å². The number of rotatable bonds is 7. The zero-order chi connectivity index (χ0) is 24.0. The molecule has 1 atom stereocenters. The van der Waals surface area contributed by atoms with Crippen LogP contribution < -0.4 is 10.6 Å². The van der Waals surface area contributed by atoms with Crippen LogP contribution >= 0.6 is 0 Å². The van der Waals surface area contributed by atoms with Crippen molar-refractivity contribution >= 4 is 27.5 Å². The molecule has 33 heavy (non-hydrogen) atoms. The normalized spacial score (nSPS) is 12.9. The largest absolute Gasteiger partial charge is 0.382 e. The second kappa shape index (κ2) is 10.4. The van der Waals surface area contributed by atoms with Crippen LogP contribution in [0, 0.1) is 5.82 Å². The van der Waals surface area contributed by atoms with Gasteiger partial charge in [0.2, 0.25) is 5.96 Å². The Morgan fingerprint density at radius 3 is 2.61 bits per heavy atom. The van der Waals surface area contributed by atoms with Gasteiger partial charge in [0.25, 0.3) is 5.91 Å². The third-order valence-corrected chi connectivity index (χ3v) is 5.60. The zero-order valence-corrected chi connectivity index (χ0v) is 19.1. The number of methoxy groups -OCH3 is 1. The SMILES string of the molecule is COC[C@H](C)N=C(NC(=O)c1cccc(S(C)(=O)=O)c1)Nc1cc(-c2ccc(F)cc2)[nH]n1. The molecule has 9 nitrogen and oxygen atoms in total. The number of nitrogens with one attached hydrogen (secondary N) is 3.